The molecule has 0 spiro atoms. The van der Waals surface area contributed by atoms with E-state index >= 15 is 0 Å². The number of halogens is 1. The minimum atomic E-state index is -0.737. The minimum Gasteiger partial charge on any atom is -0.442 e. The fraction of sp³-hybridized carbons (Fsp3) is 0.474. The van der Waals surface area contributed by atoms with Crippen molar-refractivity contribution in [3.05, 3.63) is 24.0 Å². The summed E-state index contributed by atoms with van der Waals surface area (Å²) in [5, 5.41) is 2.60. The normalized spacial score (nSPS) is 19.4. The van der Waals surface area contributed by atoms with Crippen LogP contribution in [0.2, 0.25) is 0 Å². The maximum atomic E-state index is 14.8. The van der Waals surface area contributed by atoms with E-state index in [1.807, 2.05) is 4.90 Å². The fourth-order valence-electron chi connectivity index (χ4n) is 3.48. The van der Waals surface area contributed by atoms with Crippen molar-refractivity contribution in [3.8, 4) is 0 Å². The van der Waals surface area contributed by atoms with Gasteiger partial charge in [0.1, 0.15) is 11.9 Å². The molecule has 0 aliphatic carbocycles. The SMILES string of the molecule is CC(=O)NC[C@H]1CN(c2ccc(N3CCC(NNC(=O)C=O)CC3)c(F)c2)C(=O)O1. The van der Waals surface area contributed by atoms with Gasteiger partial charge in [0.25, 0.3) is 5.91 Å². The highest BCUT2D eigenvalue weighted by Gasteiger charge is 2.33. The quantitative estimate of drug-likeness (QED) is 0.324. The number of carbonyl (C=O) groups is 4. The van der Waals surface area contributed by atoms with Crippen molar-refractivity contribution < 1.29 is 28.3 Å². The van der Waals surface area contributed by atoms with E-state index in [1.54, 1.807) is 12.1 Å². The van der Waals surface area contributed by atoms with Crippen LogP contribution in [0.4, 0.5) is 20.6 Å². The Balaban J connectivity index is 1.57. The van der Waals surface area contributed by atoms with Crippen LogP contribution in [-0.4, -0.2) is 62.5 Å². The number of amides is 3. The van der Waals surface area contributed by atoms with Gasteiger partial charge in [-0.3, -0.25) is 24.7 Å². The van der Waals surface area contributed by atoms with E-state index in [9.17, 15) is 23.6 Å². The third-order valence-corrected chi connectivity index (χ3v) is 5.04. The first-order valence-corrected chi connectivity index (χ1v) is 9.65. The highest BCUT2D eigenvalue weighted by molar-refractivity contribution is 6.23. The third-order valence-electron chi connectivity index (χ3n) is 5.04. The summed E-state index contributed by atoms with van der Waals surface area (Å²) in [5.74, 6) is -1.41. The lowest BCUT2D eigenvalue weighted by Gasteiger charge is -2.34. The van der Waals surface area contributed by atoms with Gasteiger partial charge in [-0.2, -0.15) is 0 Å². The van der Waals surface area contributed by atoms with Crippen LogP contribution in [0, 0.1) is 5.82 Å². The summed E-state index contributed by atoms with van der Waals surface area (Å²) < 4.78 is 20.0. The molecule has 0 saturated carbocycles. The summed E-state index contributed by atoms with van der Waals surface area (Å²) in [4.78, 5) is 47.6. The Morgan fingerprint density at radius 3 is 2.67 bits per heavy atom. The van der Waals surface area contributed by atoms with E-state index < -0.39 is 23.9 Å². The molecular weight excluding hydrogens is 397 g/mol. The molecule has 0 radical (unpaired) electrons. The van der Waals surface area contributed by atoms with E-state index in [0.717, 1.165) is 0 Å². The Bertz CT molecular complexity index is 828. The number of aldehydes is 1. The van der Waals surface area contributed by atoms with Crippen LogP contribution in [0.5, 0.6) is 0 Å². The van der Waals surface area contributed by atoms with Gasteiger partial charge in [-0.25, -0.2) is 14.6 Å². The van der Waals surface area contributed by atoms with Gasteiger partial charge in [0.15, 0.2) is 0 Å². The van der Waals surface area contributed by atoms with Crippen LogP contribution < -0.4 is 26.0 Å². The molecule has 11 heteroatoms. The molecule has 30 heavy (non-hydrogen) atoms. The molecule has 0 aromatic heterocycles. The highest BCUT2D eigenvalue weighted by atomic mass is 19.1. The number of nitrogens with one attached hydrogen (secondary N) is 3. The molecule has 3 amide bonds. The van der Waals surface area contributed by atoms with Crippen molar-refractivity contribution in [2.24, 2.45) is 0 Å². The van der Waals surface area contributed by atoms with Crippen LogP contribution in [0.15, 0.2) is 18.2 Å². The van der Waals surface area contributed by atoms with Gasteiger partial charge in [0, 0.05) is 26.1 Å². The number of ether oxygens (including phenoxy) is 1. The number of anilines is 2. The zero-order chi connectivity index (χ0) is 21.7. The van der Waals surface area contributed by atoms with Crippen molar-refractivity contribution in [1.29, 1.82) is 0 Å². The lowest BCUT2D eigenvalue weighted by atomic mass is 10.0. The average molecular weight is 421 g/mol. The van der Waals surface area contributed by atoms with Gasteiger partial charge < -0.3 is 15.0 Å². The molecule has 3 N–H and O–H groups in total. The second-order valence-corrected chi connectivity index (χ2v) is 7.20. The van der Waals surface area contributed by atoms with Gasteiger partial charge in [0.2, 0.25) is 12.2 Å². The maximum absolute atomic E-state index is 14.8. The smallest absolute Gasteiger partial charge is 0.414 e. The van der Waals surface area contributed by atoms with E-state index in [0.29, 0.717) is 37.3 Å². The Morgan fingerprint density at radius 2 is 2.03 bits per heavy atom. The molecule has 10 nitrogen and oxygen atoms in total. The molecule has 2 fully saturated rings. The monoisotopic (exact) mass is 421 g/mol. The number of piperidine rings is 1. The van der Waals surface area contributed by atoms with Crippen molar-refractivity contribution in [2.45, 2.75) is 31.9 Å². The van der Waals surface area contributed by atoms with Crippen LogP contribution in [0.1, 0.15) is 19.8 Å². The fourth-order valence-corrected chi connectivity index (χ4v) is 3.48. The summed E-state index contributed by atoms with van der Waals surface area (Å²) in [6.07, 6.45) is 0.432. The van der Waals surface area contributed by atoms with Crippen LogP contribution in [0.25, 0.3) is 0 Å². The standard InChI is InChI=1S/C19H24FN5O5/c1-12(27)21-9-15-10-25(19(29)30-15)14-2-3-17(16(20)8-14)24-6-4-13(5-7-24)22-23-18(28)11-26/h2-3,8,11,13,15,22H,4-7,9-10H2,1H3,(H,21,27)(H,23,28)/t15-/m0/s1. The number of nitrogens with zero attached hydrogens (tertiary/aromatic N) is 2. The Kier molecular flexibility index (Phi) is 6.83. The van der Waals surface area contributed by atoms with Crippen molar-refractivity contribution in [2.75, 3.05) is 36.0 Å². The first-order valence-electron chi connectivity index (χ1n) is 9.65. The molecule has 2 aliphatic heterocycles. The molecule has 0 bridgehead atoms. The van der Waals surface area contributed by atoms with E-state index in [-0.39, 0.29) is 31.3 Å². The zero-order valence-electron chi connectivity index (χ0n) is 16.5. The predicted molar refractivity (Wildman–Crippen MR) is 105 cm³/mol. The molecular formula is C19H24FN5O5. The van der Waals surface area contributed by atoms with Crippen LogP contribution >= 0.6 is 0 Å². The zero-order valence-corrected chi connectivity index (χ0v) is 16.5. The van der Waals surface area contributed by atoms with E-state index in [2.05, 4.69) is 16.2 Å². The van der Waals surface area contributed by atoms with Gasteiger partial charge in [0.05, 0.1) is 24.5 Å². The lowest BCUT2D eigenvalue weighted by molar-refractivity contribution is -0.132. The summed E-state index contributed by atoms with van der Waals surface area (Å²) >= 11 is 0. The number of hydrazine groups is 1. The molecule has 162 valence electrons. The molecule has 1 aromatic rings. The molecule has 2 saturated heterocycles. The highest BCUT2D eigenvalue weighted by Crippen LogP contribution is 2.29. The maximum Gasteiger partial charge on any atom is 0.414 e. The van der Waals surface area contributed by atoms with Crippen LogP contribution in [0.3, 0.4) is 0 Å². The molecule has 1 atom stereocenters. The summed E-state index contributed by atoms with van der Waals surface area (Å²) in [6.45, 7) is 2.93. The van der Waals surface area contributed by atoms with Crippen molar-refractivity contribution >= 4 is 35.6 Å². The van der Waals surface area contributed by atoms with Gasteiger partial charge in [-0.1, -0.05) is 0 Å². The number of cyclic esters (lactones) is 1. The molecule has 3 rings (SSSR count). The molecule has 2 aliphatic rings. The third kappa shape index (κ3) is 5.23. The summed E-state index contributed by atoms with van der Waals surface area (Å²) in [5.41, 5.74) is 5.92. The summed E-state index contributed by atoms with van der Waals surface area (Å²) in [7, 11) is 0. The topological polar surface area (TPSA) is 120 Å². The van der Waals surface area contributed by atoms with Crippen LogP contribution in [-0.2, 0) is 19.1 Å². The van der Waals surface area contributed by atoms with Crippen molar-refractivity contribution in [3.63, 3.8) is 0 Å². The molecule has 2 heterocycles. The summed E-state index contributed by atoms with van der Waals surface area (Å²) in [6, 6.07) is 4.58. The average Bonchev–Trinajstić information content (AvgIpc) is 3.11. The predicted octanol–water partition coefficient (Wildman–Crippen LogP) is 0.0755. The number of hydrogen-bond acceptors (Lipinski definition) is 7. The Hall–Kier alpha value is -3.21. The first-order chi connectivity index (χ1) is 14.4. The second kappa shape index (κ2) is 9.53. The number of carbonyl (C=O) groups excluding carboxylic acids is 4. The molecule has 1 aromatic carbocycles. The van der Waals surface area contributed by atoms with Gasteiger partial charge in [-0.05, 0) is 31.0 Å². The number of benzene rings is 1. The molecule has 0 unspecified atom stereocenters. The van der Waals surface area contributed by atoms with Gasteiger partial charge in [-0.15, -0.1) is 0 Å². The van der Waals surface area contributed by atoms with E-state index in [1.165, 1.54) is 17.9 Å². The number of hydrogen-bond donors (Lipinski definition) is 3. The largest absolute Gasteiger partial charge is 0.442 e. The first kappa shape index (κ1) is 21.5. The number of rotatable bonds is 7. The van der Waals surface area contributed by atoms with E-state index in [4.69, 9.17) is 4.74 Å². The Labute approximate surface area is 172 Å². The minimum absolute atomic E-state index is 0.00704. The van der Waals surface area contributed by atoms with Crippen molar-refractivity contribution in [1.82, 2.24) is 16.2 Å². The Morgan fingerprint density at radius 1 is 1.30 bits per heavy atom. The van der Waals surface area contributed by atoms with Gasteiger partial charge >= 0.3 is 6.09 Å². The second-order valence-electron chi connectivity index (χ2n) is 7.20. The lowest BCUT2D eigenvalue weighted by Crippen LogP contribution is -2.50.